The van der Waals surface area contributed by atoms with Gasteiger partial charge in [0.05, 0.1) is 23.6 Å². The average Bonchev–Trinajstić information content (AvgIpc) is 3.57. The minimum atomic E-state index is -0.234. The molecule has 3 fully saturated rings. The number of nitrogens with one attached hydrogen (secondary N) is 1. The van der Waals surface area contributed by atoms with Crippen molar-refractivity contribution in [1.82, 2.24) is 5.32 Å². The third-order valence-electron chi connectivity index (χ3n) is 7.68. The third kappa shape index (κ3) is 2.72. The van der Waals surface area contributed by atoms with E-state index in [-0.39, 0.29) is 47.4 Å². The van der Waals surface area contributed by atoms with Gasteiger partial charge in [-0.25, -0.2) is 4.90 Å². The van der Waals surface area contributed by atoms with Gasteiger partial charge in [0.25, 0.3) is 5.91 Å². The molecule has 3 amide bonds. The normalized spacial score (nSPS) is 33.1. The monoisotopic (exact) mass is 412 g/mol. The number of allylic oxidation sites excluding steroid dienone is 2. The van der Waals surface area contributed by atoms with Crippen molar-refractivity contribution in [2.45, 2.75) is 19.4 Å². The maximum atomic E-state index is 13.3. The summed E-state index contributed by atoms with van der Waals surface area (Å²) in [4.78, 5) is 40.8. The number of carbonyl (C=O) groups is 3. The molecule has 5 nitrogen and oxygen atoms in total. The smallest absolute Gasteiger partial charge is 0.251 e. The zero-order chi connectivity index (χ0) is 21.3. The van der Waals surface area contributed by atoms with E-state index >= 15 is 0 Å². The summed E-state index contributed by atoms with van der Waals surface area (Å²) in [7, 11) is 0. The second-order valence-corrected chi connectivity index (χ2v) is 9.32. The highest BCUT2D eigenvalue weighted by Crippen LogP contribution is 2.65. The fraction of sp³-hybridized carbons (Fsp3) is 0.346. The SMILES string of the molecule is C[C@@H](NC(=O)c1cccc(N2C(=O)[C@@H]3[C@@H]4C=C[C@H]([C@H]5C[C@H]45)[C@@H]3C2=O)c1)c1ccccc1. The Morgan fingerprint density at radius 3 is 2.23 bits per heavy atom. The number of benzene rings is 2. The average molecular weight is 412 g/mol. The molecule has 2 aromatic carbocycles. The van der Waals surface area contributed by atoms with Gasteiger partial charge in [0.1, 0.15) is 0 Å². The number of hydrogen-bond acceptors (Lipinski definition) is 3. The standard InChI is InChI=1S/C26H24N2O3/c1-14(15-6-3-2-4-7-15)27-24(29)16-8-5-9-17(12-16)28-25(30)22-18-10-11-19(21-13-20(18)21)23(22)26(28)31/h2-12,14,18-23H,13H2,1H3,(H,27,29)/t14-,18-,19-,20-,21-,22-,23+/m1/s1. The van der Waals surface area contributed by atoms with Crippen LogP contribution in [0.2, 0.25) is 0 Å². The summed E-state index contributed by atoms with van der Waals surface area (Å²) in [6, 6.07) is 16.5. The number of anilines is 1. The van der Waals surface area contributed by atoms with Crippen LogP contribution in [0.15, 0.2) is 66.7 Å². The second-order valence-electron chi connectivity index (χ2n) is 9.32. The summed E-state index contributed by atoms with van der Waals surface area (Å²) >= 11 is 0. The number of rotatable bonds is 4. The lowest BCUT2D eigenvalue weighted by Crippen LogP contribution is -2.40. The number of amides is 3. The van der Waals surface area contributed by atoms with Crippen LogP contribution >= 0.6 is 0 Å². The van der Waals surface area contributed by atoms with Gasteiger partial charge >= 0.3 is 0 Å². The van der Waals surface area contributed by atoms with Crippen LogP contribution in [-0.2, 0) is 9.59 Å². The molecule has 4 aliphatic carbocycles. The van der Waals surface area contributed by atoms with E-state index in [4.69, 9.17) is 0 Å². The summed E-state index contributed by atoms with van der Waals surface area (Å²) in [6.07, 6.45) is 5.48. The summed E-state index contributed by atoms with van der Waals surface area (Å²) in [6.45, 7) is 1.93. The topological polar surface area (TPSA) is 66.5 Å². The second kappa shape index (κ2) is 6.64. The van der Waals surface area contributed by atoms with Crippen molar-refractivity contribution in [3.8, 4) is 0 Å². The van der Waals surface area contributed by atoms with Crippen LogP contribution in [0.5, 0.6) is 0 Å². The van der Waals surface area contributed by atoms with Gasteiger partial charge in [0.2, 0.25) is 11.8 Å². The van der Waals surface area contributed by atoms with Crippen molar-refractivity contribution in [2.24, 2.45) is 35.5 Å². The Morgan fingerprint density at radius 1 is 0.935 bits per heavy atom. The van der Waals surface area contributed by atoms with Gasteiger partial charge in [-0.1, -0.05) is 48.6 Å². The van der Waals surface area contributed by atoms with Crippen molar-refractivity contribution < 1.29 is 14.4 Å². The Bertz CT molecular complexity index is 1090. The third-order valence-corrected chi connectivity index (χ3v) is 7.68. The number of imide groups is 1. The van der Waals surface area contributed by atoms with E-state index in [1.807, 2.05) is 37.3 Å². The molecule has 2 saturated carbocycles. The molecule has 0 radical (unpaired) electrons. The van der Waals surface area contributed by atoms with Gasteiger partial charge in [0.15, 0.2) is 0 Å². The Kier molecular flexibility index (Phi) is 3.98. The Morgan fingerprint density at radius 2 is 1.58 bits per heavy atom. The van der Waals surface area contributed by atoms with E-state index in [1.54, 1.807) is 24.3 Å². The van der Waals surface area contributed by atoms with Crippen molar-refractivity contribution in [3.05, 3.63) is 77.9 Å². The molecule has 0 spiro atoms. The van der Waals surface area contributed by atoms with Gasteiger partial charge in [-0.15, -0.1) is 0 Å². The van der Waals surface area contributed by atoms with E-state index in [0.717, 1.165) is 12.0 Å². The largest absolute Gasteiger partial charge is 0.346 e. The maximum Gasteiger partial charge on any atom is 0.251 e. The van der Waals surface area contributed by atoms with E-state index in [0.29, 0.717) is 23.1 Å². The van der Waals surface area contributed by atoms with Crippen molar-refractivity contribution in [2.75, 3.05) is 4.90 Å². The van der Waals surface area contributed by atoms with Crippen molar-refractivity contribution in [3.63, 3.8) is 0 Å². The number of hydrogen-bond donors (Lipinski definition) is 1. The highest BCUT2D eigenvalue weighted by atomic mass is 16.2. The van der Waals surface area contributed by atoms with E-state index in [1.165, 1.54) is 4.90 Å². The lowest BCUT2D eigenvalue weighted by Gasteiger charge is -2.37. The fourth-order valence-electron chi connectivity index (χ4n) is 6.10. The molecule has 1 N–H and O–H groups in total. The minimum absolute atomic E-state index is 0.102. The fourth-order valence-corrected chi connectivity index (χ4v) is 6.10. The zero-order valence-electron chi connectivity index (χ0n) is 17.3. The molecule has 7 atom stereocenters. The Balaban J connectivity index is 1.25. The molecule has 5 heteroatoms. The molecular formula is C26H24N2O3. The molecular weight excluding hydrogens is 388 g/mol. The first kappa shape index (κ1) is 18.6. The predicted octanol–water partition coefficient (Wildman–Crippen LogP) is 3.74. The van der Waals surface area contributed by atoms with Gasteiger partial charge in [-0.05, 0) is 60.8 Å². The molecule has 7 rings (SSSR count). The van der Waals surface area contributed by atoms with Crippen LogP contribution in [-0.4, -0.2) is 17.7 Å². The highest BCUT2D eigenvalue weighted by molar-refractivity contribution is 6.23. The Labute approximate surface area is 181 Å². The molecule has 0 unspecified atom stereocenters. The number of carbonyl (C=O) groups excluding carboxylic acids is 3. The Hall–Kier alpha value is -3.21. The molecule has 1 aliphatic heterocycles. The van der Waals surface area contributed by atoms with Crippen molar-refractivity contribution in [1.29, 1.82) is 0 Å². The predicted molar refractivity (Wildman–Crippen MR) is 116 cm³/mol. The van der Waals surface area contributed by atoms with Crippen LogP contribution in [0, 0.1) is 35.5 Å². The first-order valence-corrected chi connectivity index (χ1v) is 11.1. The van der Waals surface area contributed by atoms with E-state index < -0.39 is 0 Å². The first-order valence-electron chi connectivity index (χ1n) is 11.1. The molecule has 1 heterocycles. The van der Waals surface area contributed by atoms with Gasteiger partial charge in [-0.3, -0.25) is 14.4 Å². The van der Waals surface area contributed by atoms with Crippen LogP contribution < -0.4 is 10.2 Å². The molecule has 1 saturated heterocycles. The van der Waals surface area contributed by atoms with Crippen LogP contribution in [0.3, 0.4) is 0 Å². The van der Waals surface area contributed by atoms with Gasteiger partial charge < -0.3 is 5.32 Å². The number of nitrogens with zero attached hydrogens (tertiary/aromatic N) is 1. The molecule has 2 aromatic rings. The quantitative estimate of drug-likeness (QED) is 0.615. The zero-order valence-corrected chi connectivity index (χ0v) is 17.3. The van der Waals surface area contributed by atoms with E-state index in [9.17, 15) is 14.4 Å². The molecule has 0 aromatic heterocycles. The van der Waals surface area contributed by atoms with E-state index in [2.05, 4.69) is 17.5 Å². The molecule has 156 valence electrons. The van der Waals surface area contributed by atoms with Crippen LogP contribution in [0.25, 0.3) is 0 Å². The summed E-state index contributed by atoms with van der Waals surface area (Å²) in [5.74, 6) is 0.638. The van der Waals surface area contributed by atoms with Crippen LogP contribution in [0.4, 0.5) is 5.69 Å². The van der Waals surface area contributed by atoms with Gasteiger partial charge in [-0.2, -0.15) is 0 Å². The highest BCUT2D eigenvalue weighted by Gasteiger charge is 2.67. The minimum Gasteiger partial charge on any atom is -0.346 e. The lowest BCUT2D eigenvalue weighted by atomic mass is 9.63. The first-order chi connectivity index (χ1) is 15.0. The van der Waals surface area contributed by atoms with Gasteiger partial charge in [0, 0.05) is 5.56 Å². The maximum absolute atomic E-state index is 13.3. The molecule has 31 heavy (non-hydrogen) atoms. The summed E-state index contributed by atoms with van der Waals surface area (Å²) in [5, 5.41) is 3.00. The van der Waals surface area contributed by atoms with Crippen LogP contribution in [0.1, 0.15) is 35.3 Å². The lowest BCUT2D eigenvalue weighted by molar-refractivity contribution is -0.124. The summed E-state index contributed by atoms with van der Waals surface area (Å²) in [5.41, 5.74) is 1.96. The molecule has 5 aliphatic rings. The summed E-state index contributed by atoms with van der Waals surface area (Å²) < 4.78 is 0. The molecule has 2 bridgehead atoms. The van der Waals surface area contributed by atoms with Crippen molar-refractivity contribution >= 4 is 23.4 Å².